The van der Waals surface area contributed by atoms with E-state index in [-0.39, 0.29) is 31.2 Å². The Labute approximate surface area is 292 Å². The van der Waals surface area contributed by atoms with Gasteiger partial charge in [0.05, 0.1) is 18.7 Å². The molecule has 0 aromatic heterocycles. The van der Waals surface area contributed by atoms with Gasteiger partial charge in [-0.2, -0.15) is 0 Å². The van der Waals surface area contributed by atoms with Crippen LogP contribution in [0.25, 0.3) is 0 Å². The van der Waals surface area contributed by atoms with Gasteiger partial charge >= 0.3 is 5.97 Å². The van der Waals surface area contributed by atoms with Crippen molar-refractivity contribution in [3.63, 3.8) is 0 Å². The van der Waals surface area contributed by atoms with Gasteiger partial charge in [0.15, 0.2) is 6.04 Å². The van der Waals surface area contributed by atoms with Crippen molar-refractivity contribution in [1.29, 1.82) is 0 Å². The van der Waals surface area contributed by atoms with Crippen LogP contribution in [0.2, 0.25) is 0 Å². The van der Waals surface area contributed by atoms with Gasteiger partial charge in [-0.15, -0.1) is 0 Å². The Balaban J connectivity index is 2.95. The predicted molar refractivity (Wildman–Crippen MR) is 181 cm³/mol. The molecule has 1 saturated heterocycles. The number of carbonyl (C=O) groups is 8. The number of nitrogens with two attached hydrogens (primary N) is 1. The van der Waals surface area contributed by atoms with Crippen molar-refractivity contribution in [1.82, 2.24) is 36.8 Å². The Morgan fingerprint density at radius 2 is 1.24 bits per heavy atom. The molecule has 0 aromatic carbocycles. The molecule has 18 nitrogen and oxygen atoms in total. The third kappa shape index (κ3) is 14.3. The fourth-order valence-corrected chi connectivity index (χ4v) is 5.19. The molecule has 0 aromatic rings. The number of carboxylic acids is 1. The summed E-state index contributed by atoms with van der Waals surface area (Å²) in [5, 5.41) is 33.5. The number of hydrogen-bond donors (Lipinski definition) is 9. The quantitative estimate of drug-likeness (QED) is 0.0673. The molecule has 1 aliphatic rings. The molecule has 0 unspecified atom stereocenters. The lowest BCUT2D eigenvalue weighted by Gasteiger charge is -2.31. The smallest absolute Gasteiger partial charge is 0.328 e. The van der Waals surface area contributed by atoms with E-state index in [9.17, 15) is 43.5 Å². The van der Waals surface area contributed by atoms with Crippen molar-refractivity contribution < 1.29 is 48.6 Å². The molecule has 0 saturated carbocycles. The number of rotatable bonds is 19. The van der Waals surface area contributed by atoms with E-state index in [0.29, 0.717) is 12.8 Å². The molecular formula is C32H56N8O10. The van der Waals surface area contributed by atoms with Crippen molar-refractivity contribution in [3.05, 3.63) is 0 Å². The molecule has 1 aliphatic heterocycles. The van der Waals surface area contributed by atoms with Crippen LogP contribution in [0.3, 0.4) is 0 Å². The summed E-state index contributed by atoms with van der Waals surface area (Å²) in [5.41, 5.74) is 5.57. The van der Waals surface area contributed by atoms with Crippen molar-refractivity contribution >= 4 is 47.3 Å². The normalized spacial score (nSPS) is 18.5. The van der Waals surface area contributed by atoms with Crippen LogP contribution < -0.4 is 37.6 Å². The maximum atomic E-state index is 13.8. The van der Waals surface area contributed by atoms with E-state index in [4.69, 9.17) is 10.8 Å². The van der Waals surface area contributed by atoms with Gasteiger partial charge in [-0.25, -0.2) is 4.79 Å². The topological polar surface area (TPSA) is 278 Å². The van der Waals surface area contributed by atoms with E-state index in [2.05, 4.69) is 31.9 Å². The van der Waals surface area contributed by atoms with E-state index in [1.165, 1.54) is 32.6 Å². The second-order valence-electron chi connectivity index (χ2n) is 13.7. The first kappa shape index (κ1) is 43.7. The first-order chi connectivity index (χ1) is 23.2. The van der Waals surface area contributed by atoms with Crippen LogP contribution in [0.15, 0.2) is 0 Å². The highest BCUT2D eigenvalue weighted by Crippen LogP contribution is 2.21. The zero-order valence-electron chi connectivity index (χ0n) is 30.2. The monoisotopic (exact) mass is 712 g/mol. The summed E-state index contributed by atoms with van der Waals surface area (Å²) in [6.07, 6.45) is -0.125. The van der Waals surface area contributed by atoms with Gasteiger partial charge in [0.1, 0.15) is 30.2 Å². The SMILES string of the molecule is CC(C)C[C@H](NC(=O)[C@H](C)NC(=O)[C@H](C)N)C(=O)N[C@@H](CC(C)C)C(=O)N1CCC[C@H]1C(=O)NCC(=O)N[C@@H](C)C(=O)N[C@H](C(=O)O)[C@@H](C)O. The molecule has 284 valence electrons. The molecule has 7 amide bonds. The number of amides is 7. The zero-order chi connectivity index (χ0) is 38.5. The third-order valence-electron chi connectivity index (χ3n) is 7.91. The van der Waals surface area contributed by atoms with Crippen LogP contribution in [-0.2, 0) is 38.4 Å². The van der Waals surface area contributed by atoms with Crippen molar-refractivity contribution in [3.8, 4) is 0 Å². The van der Waals surface area contributed by atoms with Gasteiger partial charge in [-0.1, -0.05) is 27.7 Å². The van der Waals surface area contributed by atoms with E-state index in [1.807, 2.05) is 27.7 Å². The Hall–Kier alpha value is -4.32. The lowest BCUT2D eigenvalue weighted by atomic mass is 9.99. The molecule has 0 spiro atoms. The van der Waals surface area contributed by atoms with Crippen molar-refractivity contribution in [2.24, 2.45) is 17.6 Å². The molecule has 0 aliphatic carbocycles. The minimum absolute atomic E-state index is 0.0219. The van der Waals surface area contributed by atoms with E-state index in [1.54, 1.807) is 0 Å². The maximum absolute atomic E-state index is 13.8. The van der Waals surface area contributed by atoms with E-state index < -0.39 is 102 Å². The number of carbonyl (C=O) groups excluding carboxylic acids is 7. The molecule has 18 heteroatoms. The Morgan fingerprint density at radius 1 is 0.720 bits per heavy atom. The number of hydrogen-bond acceptors (Lipinski definition) is 10. The molecule has 10 N–H and O–H groups in total. The van der Waals surface area contributed by atoms with Crippen LogP contribution in [0.4, 0.5) is 0 Å². The maximum Gasteiger partial charge on any atom is 0.328 e. The van der Waals surface area contributed by atoms with Crippen LogP contribution in [0, 0.1) is 11.8 Å². The van der Waals surface area contributed by atoms with Crippen LogP contribution >= 0.6 is 0 Å². The van der Waals surface area contributed by atoms with Crippen LogP contribution in [0.5, 0.6) is 0 Å². The fourth-order valence-electron chi connectivity index (χ4n) is 5.19. The van der Waals surface area contributed by atoms with Gasteiger partial charge in [0, 0.05) is 6.54 Å². The second-order valence-corrected chi connectivity index (χ2v) is 13.7. The summed E-state index contributed by atoms with van der Waals surface area (Å²) in [5.74, 6) is -6.00. The number of nitrogens with one attached hydrogen (secondary N) is 6. The molecule has 1 rings (SSSR count). The van der Waals surface area contributed by atoms with Crippen LogP contribution in [0.1, 0.15) is 81.1 Å². The van der Waals surface area contributed by atoms with Gasteiger partial charge in [0.2, 0.25) is 41.4 Å². The first-order valence-corrected chi connectivity index (χ1v) is 16.9. The number of nitrogens with zero attached hydrogens (tertiary/aromatic N) is 1. The second kappa shape index (κ2) is 20.4. The van der Waals surface area contributed by atoms with Gasteiger partial charge in [-0.05, 0) is 65.2 Å². The van der Waals surface area contributed by atoms with Gasteiger partial charge in [-0.3, -0.25) is 33.6 Å². The van der Waals surface area contributed by atoms with Crippen LogP contribution in [-0.4, -0.2) is 124 Å². The zero-order valence-corrected chi connectivity index (χ0v) is 30.2. The minimum atomic E-state index is -1.58. The highest BCUT2D eigenvalue weighted by molar-refractivity contribution is 5.97. The summed E-state index contributed by atoms with van der Waals surface area (Å²) in [4.78, 5) is 103. The van der Waals surface area contributed by atoms with Crippen molar-refractivity contribution in [2.45, 2.75) is 129 Å². The molecule has 50 heavy (non-hydrogen) atoms. The van der Waals surface area contributed by atoms with E-state index in [0.717, 1.165) is 0 Å². The predicted octanol–water partition coefficient (Wildman–Crippen LogP) is -2.54. The summed E-state index contributed by atoms with van der Waals surface area (Å²) in [7, 11) is 0. The number of aliphatic hydroxyl groups is 1. The molecule has 0 radical (unpaired) electrons. The Bertz CT molecular complexity index is 1240. The summed E-state index contributed by atoms with van der Waals surface area (Å²) in [6.45, 7) is 12.5. The standard InChI is InChI=1S/C32H56N8O10/c1-15(2)12-21(37-27(44)19(7)36-26(43)17(5)33)29(46)38-22(13-16(3)4)31(48)40-11-9-10-23(40)30(47)34-14-24(42)35-18(6)28(45)39-25(20(8)41)32(49)50/h15-23,25,41H,9-14,33H2,1-8H3,(H,34,47)(H,35,42)(H,36,43)(H,37,44)(H,38,46)(H,39,45)(H,49,50)/t17-,18-,19-,20+,21-,22-,23-,25-/m0/s1. The summed E-state index contributed by atoms with van der Waals surface area (Å²) < 4.78 is 0. The number of aliphatic carboxylic acids is 1. The van der Waals surface area contributed by atoms with Gasteiger partial charge in [0.25, 0.3) is 0 Å². The average Bonchev–Trinajstić information content (AvgIpc) is 3.50. The molecule has 1 fully saturated rings. The van der Waals surface area contributed by atoms with E-state index >= 15 is 0 Å². The number of carboxylic acid groups (broad SMARTS) is 1. The molecule has 1 heterocycles. The Kier molecular flexibility index (Phi) is 17.8. The lowest BCUT2D eigenvalue weighted by molar-refractivity contribution is -0.145. The first-order valence-electron chi connectivity index (χ1n) is 16.9. The van der Waals surface area contributed by atoms with Crippen molar-refractivity contribution in [2.75, 3.05) is 13.1 Å². The molecular weight excluding hydrogens is 656 g/mol. The number of aliphatic hydroxyl groups excluding tert-OH is 1. The minimum Gasteiger partial charge on any atom is -0.480 e. The lowest BCUT2D eigenvalue weighted by Crippen LogP contribution is -2.59. The summed E-state index contributed by atoms with van der Waals surface area (Å²) in [6, 6.07) is -7.58. The fraction of sp³-hybridized carbons (Fsp3) is 0.750. The summed E-state index contributed by atoms with van der Waals surface area (Å²) >= 11 is 0. The molecule has 0 bridgehead atoms. The highest BCUT2D eigenvalue weighted by atomic mass is 16.4. The average molecular weight is 713 g/mol. The highest BCUT2D eigenvalue weighted by Gasteiger charge is 2.39. The number of likely N-dealkylation sites (tertiary alicyclic amines) is 1. The molecule has 8 atom stereocenters. The largest absolute Gasteiger partial charge is 0.480 e. The van der Waals surface area contributed by atoms with Gasteiger partial charge < -0.3 is 52.7 Å². The Morgan fingerprint density at radius 3 is 1.76 bits per heavy atom. The third-order valence-corrected chi connectivity index (χ3v) is 7.91.